The number of rotatable bonds is 7. The Hall–Kier alpha value is -3.45. The van der Waals surface area contributed by atoms with Gasteiger partial charge in [-0.2, -0.15) is 10.2 Å². The summed E-state index contributed by atoms with van der Waals surface area (Å²) in [6, 6.07) is 22.2. The van der Waals surface area contributed by atoms with Crippen molar-refractivity contribution in [2.24, 2.45) is 5.10 Å². The van der Waals surface area contributed by atoms with Gasteiger partial charge in [-0.1, -0.05) is 42.5 Å². The van der Waals surface area contributed by atoms with E-state index in [1.165, 1.54) is 10.8 Å². The van der Waals surface area contributed by atoms with E-state index in [0.29, 0.717) is 12.3 Å². The van der Waals surface area contributed by atoms with Crippen LogP contribution in [0.15, 0.2) is 76.3 Å². The van der Waals surface area contributed by atoms with Gasteiger partial charge in [-0.25, -0.2) is 5.43 Å². The highest BCUT2D eigenvalue weighted by Gasteiger charge is 2.11. The number of carbonyl (C=O) groups is 1. The number of benzene rings is 3. The number of nitrogens with zero attached hydrogens (tertiary/aromatic N) is 3. The molecule has 0 aliphatic rings. The lowest BCUT2D eigenvalue weighted by molar-refractivity contribution is -0.121. The molecule has 4 rings (SSSR count). The van der Waals surface area contributed by atoms with Crippen molar-refractivity contribution in [2.75, 3.05) is 0 Å². The molecule has 168 valence electrons. The third-order valence-electron chi connectivity index (χ3n) is 5.48. The minimum absolute atomic E-state index is 0.107. The van der Waals surface area contributed by atoms with Gasteiger partial charge in [0.25, 0.3) is 5.91 Å². The Morgan fingerprint density at radius 3 is 2.52 bits per heavy atom. The van der Waals surface area contributed by atoms with Crippen molar-refractivity contribution in [2.45, 2.75) is 33.9 Å². The first kappa shape index (κ1) is 22.7. The number of amides is 1. The molecule has 0 spiro atoms. The van der Waals surface area contributed by atoms with Crippen LogP contribution in [0.4, 0.5) is 0 Å². The Morgan fingerprint density at radius 1 is 1.06 bits per heavy atom. The normalized spacial score (nSPS) is 11.6. The van der Waals surface area contributed by atoms with Crippen LogP contribution in [-0.4, -0.2) is 21.4 Å². The van der Waals surface area contributed by atoms with E-state index >= 15 is 0 Å². The molecule has 1 aromatic heterocycles. The highest BCUT2D eigenvalue weighted by molar-refractivity contribution is 9.10. The summed E-state index contributed by atoms with van der Waals surface area (Å²) >= 11 is 3.47. The van der Waals surface area contributed by atoms with Crippen molar-refractivity contribution >= 4 is 38.3 Å². The molecule has 1 heterocycles. The molecule has 4 aromatic rings. The van der Waals surface area contributed by atoms with Gasteiger partial charge in [0, 0.05) is 0 Å². The van der Waals surface area contributed by atoms with E-state index in [9.17, 15) is 4.79 Å². The first-order valence-electron chi connectivity index (χ1n) is 10.6. The van der Waals surface area contributed by atoms with Gasteiger partial charge in [0.1, 0.15) is 18.9 Å². The summed E-state index contributed by atoms with van der Waals surface area (Å²) in [5.74, 6) is 0.543. The van der Waals surface area contributed by atoms with E-state index < -0.39 is 0 Å². The molecular weight excluding hydrogens is 480 g/mol. The minimum Gasteiger partial charge on any atom is -0.489 e. The van der Waals surface area contributed by atoms with Crippen LogP contribution in [0.3, 0.4) is 0 Å². The number of carbonyl (C=O) groups excluding carboxylic acids is 1. The van der Waals surface area contributed by atoms with Crippen molar-refractivity contribution in [1.82, 2.24) is 15.2 Å². The van der Waals surface area contributed by atoms with E-state index in [0.717, 1.165) is 32.7 Å². The number of nitrogens with one attached hydrogen (secondary N) is 1. The van der Waals surface area contributed by atoms with Gasteiger partial charge in [-0.05, 0) is 82.9 Å². The van der Waals surface area contributed by atoms with Crippen LogP contribution in [0, 0.1) is 13.8 Å². The van der Waals surface area contributed by atoms with Gasteiger partial charge < -0.3 is 4.74 Å². The zero-order valence-corrected chi connectivity index (χ0v) is 20.4. The maximum absolute atomic E-state index is 12.3. The fourth-order valence-electron chi connectivity index (χ4n) is 3.58. The summed E-state index contributed by atoms with van der Waals surface area (Å²) in [7, 11) is 0. The molecule has 0 aliphatic heterocycles. The Kier molecular flexibility index (Phi) is 6.89. The summed E-state index contributed by atoms with van der Waals surface area (Å²) < 4.78 is 8.57. The predicted octanol–water partition coefficient (Wildman–Crippen LogP) is 5.54. The third-order valence-corrected chi connectivity index (χ3v) is 6.63. The van der Waals surface area contributed by atoms with Gasteiger partial charge in [-0.15, -0.1) is 0 Å². The number of hydrogen-bond donors (Lipinski definition) is 1. The monoisotopic (exact) mass is 504 g/mol. The number of hydrogen-bond acceptors (Lipinski definition) is 4. The van der Waals surface area contributed by atoms with Crippen LogP contribution in [0.2, 0.25) is 0 Å². The van der Waals surface area contributed by atoms with Crippen LogP contribution in [0.25, 0.3) is 10.8 Å². The van der Waals surface area contributed by atoms with E-state index in [4.69, 9.17) is 4.74 Å². The average molecular weight is 505 g/mol. The summed E-state index contributed by atoms with van der Waals surface area (Å²) in [5, 5.41) is 11.0. The number of aryl methyl sites for hydroxylation is 1. The highest BCUT2D eigenvalue weighted by atomic mass is 79.9. The molecule has 0 unspecified atom stereocenters. The van der Waals surface area contributed by atoms with Gasteiger partial charge >= 0.3 is 0 Å². The molecule has 0 atom stereocenters. The molecule has 0 saturated heterocycles. The highest BCUT2D eigenvalue weighted by Crippen LogP contribution is 2.21. The summed E-state index contributed by atoms with van der Waals surface area (Å²) in [4.78, 5) is 12.3. The Labute approximate surface area is 201 Å². The van der Waals surface area contributed by atoms with Gasteiger partial charge in [0.05, 0.1) is 21.6 Å². The fraction of sp³-hybridized carbons (Fsp3) is 0.192. The molecule has 0 saturated carbocycles. The van der Waals surface area contributed by atoms with E-state index in [1.807, 2.05) is 63.2 Å². The molecule has 3 aromatic carbocycles. The Morgan fingerprint density at radius 2 is 1.79 bits per heavy atom. The summed E-state index contributed by atoms with van der Waals surface area (Å²) in [6.45, 7) is 6.26. The molecule has 0 fully saturated rings. The van der Waals surface area contributed by atoms with Crippen molar-refractivity contribution in [3.05, 3.63) is 93.7 Å². The molecule has 1 N–H and O–H groups in total. The molecule has 7 heteroatoms. The standard InChI is InChI=1S/C26H25BrN4O2/c1-17(28-29-25(32)15-31-19(3)26(27)18(2)30-31)20-11-13-23(14-12-20)33-16-22-9-6-8-21-7-4-5-10-24(21)22/h4-14H,15-16H2,1-3H3,(H,29,32). The second-order valence-corrected chi connectivity index (χ2v) is 8.62. The molecule has 33 heavy (non-hydrogen) atoms. The van der Waals surface area contributed by atoms with Gasteiger partial charge in [0.2, 0.25) is 0 Å². The first-order chi connectivity index (χ1) is 15.9. The number of halogens is 1. The maximum Gasteiger partial charge on any atom is 0.261 e. The van der Waals surface area contributed by atoms with E-state index in [-0.39, 0.29) is 12.5 Å². The maximum atomic E-state index is 12.3. The van der Waals surface area contributed by atoms with Gasteiger partial charge in [-0.3, -0.25) is 9.48 Å². The van der Waals surface area contributed by atoms with Crippen LogP contribution < -0.4 is 10.2 Å². The van der Waals surface area contributed by atoms with Crippen molar-refractivity contribution in [3.8, 4) is 5.75 Å². The predicted molar refractivity (Wildman–Crippen MR) is 134 cm³/mol. The summed E-state index contributed by atoms with van der Waals surface area (Å²) in [6.07, 6.45) is 0. The quantitative estimate of drug-likeness (QED) is 0.265. The largest absolute Gasteiger partial charge is 0.489 e. The average Bonchev–Trinajstić information content (AvgIpc) is 3.07. The third kappa shape index (κ3) is 5.31. The second kappa shape index (κ2) is 10.0. The smallest absolute Gasteiger partial charge is 0.261 e. The van der Waals surface area contributed by atoms with E-state index in [1.54, 1.807) is 4.68 Å². The lowest BCUT2D eigenvalue weighted by Gasteiger charge is -2.10. The number of ether oxygens (including phenoxy) is 1. The lowest BCUT2D eigenvalue weighted by Crippen LogP contribution is -2.25. The van der Waals surface area contributed by atoms with Crippen molar-refractivity contribution in [3.63, 3.8) is 0 Å². The van der Waals surface area contributed by atoms with Crippen LogP contribution in [0.5, 0.6) is 5.75 Å². The molecule has 0 aliphatic carbocycles. The van der Waals surface area contributed by atoms with Crippen LogP contribution >= 0.6 is 15.9 Å². The number of aromatic nitrogens is 2. The number of hydrazone groups is 1. The SMILES string of the molecule is CC(=NNC(=O)Cn1nc(C)c(Br)c1C)c1ccc(OCc2cccc3ccccc23)cc1. The number of fused-ring (bicyclic) bond motifs is 1. The molecule has 1 amide bonds. The zero-order chi connectivity index (χ0) is 23.4. The molecule has 6 nitrogen and oxygen atoms in total. The van der Waals surface area contributed by atoms with E-state index in [2.05, 4.69) is 55.8 Å². The zero-order valence-electron chi connectivity index (χ0n) is 18.8. The topological polar surface area (TPSA) is 68.5 Å². The lowest BCUT2D eigenvalue weighted by atomic mass is 10.1. The van der Waals surface area contributed by atoms with Crippen LogP contribution in [0.1, 0.15) is 29.4 Å². The molecule has 0 bridgehead atoms. The molecule has 0 radical (unpaired) electrons. The first-order valence-corrected chi connectivity index (χ1v) is 11.4. The fourth-order valence-corrected chi connectivity index (χ4v) is 3.87. The van der Waals surface area contributed by atoms with Crippen molar-refractivity contribution < 1.29 is 9.53 Å². The second-order valence-electron chi connectivity index (χ2n) is 7.83. The summed E-state index contributed by atoms with van der Waals surface area (Å²) in [5.41, 5.74) is 7.12. The Balaban J connectivity index is 1.35. The van der Waals surface area contributed by atoms with Gasteiger partial charge in [0.15, 0.2) is 0 Å². The van der Waals surface area contributed by atoms with Crippen molar-refractivity contribution in [1.29, 1.82) is 0 Å². The minimum atomic E-state index is -0.234. The van der Waals surface area contributed by atoms with Crippen LogP contribution in [-0.2, 0) is 17.9 Å². The Bertz CT molecular complexity index is 1320. The molecular formula is C26H25BrN4O2.